The van der Waals surface area contributed by atoms with Gasteiger partial charge in [0.15, 0.2) is 0 Å². The molecule has 140 valence electrons. The first-order valence-corrected chi connectivity index (χ1v) is 10.5. The molecule has 1 atom stereocenters. The number of carbonyl (C=O) groups excluding carboxylic acids is 2. The fraction of sp³-hybridized carbons (Fsp3) is 0.381. The van der Waals surface area contributed by atoms with Crippen molar-refractivity contribution in [1.29, 1.82) is 0 Å². The smallest absolute Gasteiger partial charge is 0.255 e. The molecule has 2 aromatic rings. The Hall–Kier alpha value is -2.34. The largest absolute Gasteiger partial charge is 0.339 e. The highest BCUT2D eigenvalue weighted by Gasteiger charge is 2.58. The number of likely N-dealkylation sites (tertiary alicyclic amines) is 1. The highest BCUT2D eigenvalue weighted by Crippen LogP contribution is 2.59. The van der Waals surface area contributed by atoms with Crippen LogP contribution in [0.25, 0.3) is 0 Å². The van der Waals surface area contributed by atoms with Crippen LogP contribution in [0.2, 0.25) is 0 Å². The predicted molar refractivity (Wildman–Crippen MR) is 107 cm³/mol. The minimum Gasteiger partial charge on any atom is -0.339 e. The van der Waals surface area contributed by atoms with Crippen molar-refractivity contribution >= 4 is 29.3 Å². The fourth-order valence-electron chi connectivity index (χ4n) is 4.00. The van der Waals surface area contributed by atoms with Crippen molar-refractivity contribution in [3.63, 3.8) is 0 Å². The van der Waals surface area contributed by atoms with Gasteiger partial charge in [0.1, 0.15) is 0 Å². The average molecular weight is 382 g/mol. The van der Waals surface area contributed by atoms with Crippen LogP contribution in [0.5, 0.6) is 0 Å². The first-order chi connectivity index (χ1) is 13.1. The third-order valence-corrected chi connectivity index (χ3v) is 6.56. The second-order valence-electron chi connectivity index (χ2n) is 7.37. The number of aromatic nitrogens is 1. The number of pyridine rings is 1. The van der Waals surface area contributed by atoms with E-state index in [1.165, 1.54) is 4.90 Å². The van der Waals surface area contributed by atoms with Crippen molar-refractivity contribution in [3.05, 3.63) is 54.4 Å². The number of nitrogens with zero attached hydrogens (tertiary/aromatic N) is 2. The number of thioether (sulfide) groups is 1. The summed E-state index contributed by atoms with van der Waals surface area (Å²) in [6.07, 6.45) is 8.03. The number of amides is 2. The Bertz CT molecular complexity index is 830. The summed E-state index contributed by atoms with van der Waals surface area (Å²) in [5, 5.41) is 3.05. The number of benzene rings is 1. The van der Waals surface area contributed by atoms with Crippen LogP contribution in [0.15, 0.2) is 53.7 Å². The van der Waals surface area contributed by atoms with Crippen LogP contribution in [-0.2, 0) is 4.79 Å². The lowest BCUT2D eigenvalue weighted by Crippen LogP contribution is -2.40. The van der Waals surface area contributed by atoms with E-state index >= 15 is 0 Å². The molecule has 1 aromatic carbocycles. The first-order valence-electron chi connectivity index (χ1n) is 9.25. The molecule has 2 heterocycles. The van der Waals surface area contributed by atoms with E-state index in [1.807, 2.05) is 35.4 Å². The third-order valence-electron chi connectivity index (χ3n) is 5.82. The highest BCUT2D eigenvalue weighted by molar-refractivity contribution is 7.98. The normalized spacial score (nSPS) is 20.3. The van der Waals surface area contributed by atoms with E-state index in [2.05, 4.69) is 10.3 Å². The van der Waals surface area contributed by atoms with Crippen LogP contribution in [0.1, 0.15) is 29.6 Å². The van der Waals surface area contributed by atoms with Crippen molar-refractivity contribution in [1.82, 2.24) is 9.88 Å². The zero-order valence-corrected chi connectivity index (χ0v) is 16.2. The molecule has 1 spiro atoms. The van der Waals surface area contributed by atoms with Gasteiger partial charge in [-0.1, -0.05) is 0 Å². The minimum absolute atomic E-state index is 0.0356. The van der Waals surface area contributed by atoms with Gasteiger partial charge in [-0.15, -0.1) is 11.8 Å². The Balaban J connectivity index is 1.32. The van der Waals surface area contributed by atoms with Gasteiger partial charge in [0.05, 0.1) is 5.56 Å². The molecule has 1 saturated carbocycles. The first kappa shape index (κ1) is 18.0. The fourth-order valence-corrected chi connectivity index (χ4v) is 4.41. The lowest BCUT2D eigenvalue weighted by molar-refractivity contribution is -0.118. The van der Waals surface area contributed by atoms with Gasteiger partial charge in [-0.2, -0.15) is 0 Å². The Morgan fingerprint density at radius 1 is 1.19 bits per heavy atom. The van der Waals surface area contributed by atoms with Crippen LogP contribution in [0.3, 0.4) is 0 Å². The average Bonchev–Trinajstić information content (AvgIpc) is 3.42. The van der Waals surface area contributed by atoms with Gasteiger partial charge in [0.25, 0.3) is 5.91 Å². The van der Waals surface area contributed by atoms with Gasteiger partial charge in [-0.3, -0.25) is 14.6 Å². The highest BCUT2D eigenvalue weighted by atomic mass is 32.2. The van der Waals surface area contributed by atoms with Crippen LogP contribution in [0.4, 0.5) is 5.69 Å². The van der Waals surface area contributed by atoms with Crippen molar-refractivity contribution in [3.8, 4) is 0 Å². The maximum absolute atomic E-state index is 12.6. The molecular weight excluding hydrogens is 358 g/mol. The number of carbonyl (C=O) groups is 2. The standard InChI is InChI=1S/C21H23N3O2S/c1-27-17-6-4-16(5-7-17)23-19(25)18-13-21(18)8-11-24(12-9-21)20(26)15-3-2-10-22-14-15/h2-7,10,14,18H,8-9,11-13H2,1H3,(H,23,25). The molecule has 1 unspecified atom stereocenters. The van der Waals surface area contributed by atoms with Gasteiger partial charge in [0.2, 0.25) is 5.91 Å². The summed E-state index contributed by atoms with van der Waals surface area (Å²) < 4.78 is 0. The number of nitrogens with one attached hydrogen (secondary N) is 1. The summed E-state index contributed by atoms with van der Waals surface area (Å²) in [6.45, 7) is 1.42. The summed E-state index contributed by atoms with van der Waals surface area (Å²) in [5.41, 5.74) is 1.56. The van der Waals surface area contributed by atoms with E-state index in [0.717, 1.165) is 24.9 Å². The molecular formula is C21H23N3O2S. The van der Waals surface area contributed by atoms with Gasteiger partial charge in [0, 0.05) is 42.0 Å². The van der Waals surface area contributed by atoms with E-state index in [9.17, 15) is 9.59 Å². The summed E-state index contributed by atoms with van der Waals surface area (Å²) in [7, 11) is 0. The Labute approximate surface area is 163 Å². The maximum atomic E-state index is 12.6. The number of piperidine rings is 1. The third kappa shape index (κ3) is 3.72. The Kier molecular flexibility index (Phi) is 4.91. The molecule has 0 bridgehead atoms. The van der Waals surface area contributed by atoms with Crippen LogP contribution in [-0.4, -0.2) is 41.0 Å². The molecule has 2 fully saturated rings. The molecule has 1 aliphatic carbocycles. The molecule has 1 aliphatic heterocycles. The molecule has 1 aromatic heterocycles. The molecule has 27 heavy (non-hydrogen) atoms. The SMILES string of the molecule is CSc1ccc(NC(=O)C2CC23CCN(C(=O)c2cccnc2)CC3)cc1. The summed E-state index contributed by atoms with van der Waals surface area (Å²) in [4.78, 5) is 32.3. The minimum atomic E-state index is 0.0356. The molecule has 2 aliphatic rings. The molecule has 5 nitrogen and oxygen atoms in total. The lowest BCUT2D eigenvalue weighted by atomic mass is 9.90. The number of hydrogen-bond acceptors (Lipinski definition) is 4. The van der Waals surface area contributed by atoms with E-state index in [1.54, 1.807) is 36.3 Å². The van der Waals surface area contributed by atoms with Gasteiger partial charge >= 0.3 is 0 Å². The molecule has 1 N–H and O–H groups in total. The summed E-state index contributed by atoms with van der Waals surface area (Å²) >= 11 is 1.68. The van der Waals surface area contributed by atoms with Crippen LogP contribution >= 0.6 is 11.8 Å². The Morgan fingerprint density at radius 3 is 2.56 bits per heavy atom. The monoisotopic (exact) mass is 381 g/mol. The van der Waals surface area contributed by atoms with Gasteiger partial charge in [-0.05, 0) is 67.3 Å². The summed E-state index contributed by atoms with van der Waals surface area (Å²) in [6, 6.07) is 11.5. The topological polar surface area (TPSA) is 62.3 Å². The second-order valence-corrected chi connectivity index (χ2v) is 8.25. The van der Waals surface area contributed by atoms with Crippen LogP contribution < -0.4 is 5.32 Å². The van der Waals surface area contributed by atoms with Gasteiger partial charge in [-0.25, -0.2) is 0 Å². The second kappa shape index (κ2) is 7.35. The number of rotatable bonds is 4. The maximum Gasteiger partial charge on any atom is 0.255 e. The molecule has 1 saturated heterocycles. The Morgan fingerprint density at radius 2 is 1.93 bits per heavy atom. The lowest BCUT2D eigenvalue weighted by Gasteiger charge is -2.32. The quantitative estimate of drug-likeness (QED) is 0.821. The molecule has 0 radical (unpaired) electrons. The molecule has 2 amide bonds. The van der Waals surface area contributed by atoms with Crippen molar-refractivity contribution in [2.45, 2.75) is 24.2 Å². The van der Waals surface area contributed by atoms with Crippen molar-refractivity contribution < 1.29 is 9.59 Å². The van der Waals surface area contributed by atoms with E-state index in [4.69, 9.17) is 0 Å². The molecule has 4 rings (SSSR count). The van der Waals surface area contributed by atoms with E-state index in [0.29, 0.717) is 18.7 Å². The molecule has 6 heteroatoms. The van der Waals surface area contributed by atoms with Crippen LogP contribution in [0, 0.1) is 11.3 Å². The summed E-state index contributed by atoms with van der Waals surface area (Å²) in [5.74, 6) is 0.209. The number of hydrogen-bond donors (Lipinski definition) is 1. The zero-order valence-electron chi connectivity index (χ0n) is 15.4. The van der Waals surface area contributed by atoms with Crippen molar-refractivity contribution in [2.75, 3.05) is 24.7 Å². The van der Waals surface area contributed by atoms with E-state index < -0.39 is 0 Å². The van der Waals surface area contributed by atoms with Gasteiger partial charge < -0.3 is 10.2 Å². The van der Waals surface area contributed by atoms with E-state index in [-0.39, 0.29) is 23.1 Å². The van der Waals surface area contributed by atoms with Crippen molar-refractivity contribution in [2.24, 2.45) is 11.3 Å². The predicted octanol–water partition coefficient (Wildman–Crippen LogP) is 3.68. The zero-order chi connectivity index (χ0) is 18.9. The number of anilines is 1.